The van der Waals surface area contributed by atoms with Gasteiger partial charge in [-0.2, -0.15) is 4.99 Å². The standard InChI is InChI=1S/C20H22F3N3O5/c1-4-16(30-14-8-6-9-15(12-14)31-20(21,22)23)24-17-13(3)18(28)26(10-7-11-27)19(29)25(17)5-2/h4,6,8-9,12,27H,1,5,7,10-11H2,2-3H3. The Morgan fingerprint density at radius 2 is 1.94 bits per heavy atom. The minimum absolute atomic E-state index is 0.0141. The number of aliphatic hydroxyl groups excluding tert-OH is 1. The predicted octanol–water partition coefficient (Wildman–Crippen LogP) is 2.91. The molecule has 0 aliphatic rings. The van der Waals surface area contributed by atoms with Crippen LogP contribution in [0.1, 0.15) is 18.9 Å². The topological polar surface area (TPSA) is 95.1 Å². The van der Waals surface area contributed by atoms with Crippen LogP contribution in [0.4, 0.5) is 19.0 Å². The molecule has 0 spiro atoms. The molecule has 8 nitrogen and oxygen atoms in total. The van der Waals surface area contributed by atoms with Crippen molar-refractivity contribution in [3.8, 4) is 11.5 Å². The number of hydrogen-bond donors (Lipinski definition) is 1. The van der Waals surface area contributed by atoms with Crippen molar-refractivity contribution in [2.75, 3.05) is 6.61 Å². The Labute approximate surface area is 175 Å². The second-order valence-corrected chi connectivity index (χ2v) is 6.29. The second-order valence-electron chi connectivity index (χ2n) is 6.29. The lowest BCUT2D eigenvalue weighted by Crippen LogP contribution is -2.41. The molecule has 31 heavy (non-hydrogen) atoms. The number of aliphatic imine (C=N–C) groups is 1. The molecule has 1 aromatic heterocycles. The van der Waals surface area contributed by atoms with E-state index in [-0.39, 0.29) is 49.1 Å². The molecule has 0 radical (unpaired) electrons. The first kappa shape index (κ1) is 23.9. The van der Waals surface area contributed by atoms with Crippen molar-refractivity contribution < 1.29 is 27.8 Å². The smallest absolute Gasteiger partial charge is 0.439 e. The molecule has 0 aliphatic heterocycles. The van der Waals surface area contributed by atoms with Crippen molar-refractivity contribution in [2.24, 2.45) is 4.99 Å². The molecule has 1 N–H and O–H groups in total. The quantitative estimate of drug-likeness (QED) is 0.502. The average molecular weight is 441 g/mol. The third-order valence-corrected chi connectivity index (χ3v) is 4.13. The molecule has 0 fully saturated rings. The van der Waals surface area contributed by atoms with E-state index in [2.05, 4.69) is 16.3 Å². The number of aromatic nitrogens is 2. The van der Waals surface area contributed by atoms with E-state index in [1.54, 1.807) is 6.92 Å². The van der Waals surface area contributed by atoms with Gasteiger partial charge in [-0.3, -0.25) is 13.9 Å². The van der Waals surface area contributed by atoms with Gasteiger partial charge in [0.2, 0.25) is 5.90 Å². The molecule has 0 amide bonds. The van der Waals surface area contributed by atoms with E-state index in [1.165, 1.54) is 29.7 Å². The normalized spacial score (nSPS) is 12.0. The van der Waals surface area contributed by atoms with E-state index >= 15 is 0 Å². The van der Waals surface area contributed by atoms with Gasteiger partial charge >= 0.3 is 12.1 Å². The van der Waals surface area contributed by atoms with Gasteiger partial charge in [0.25, 0.3) is 5.56 Å². The van der Waals surface area contributed by atoms with Crippen molar-refractivity contribution in [1.29, 1.82) is 0 Å². The van der Waals surface area contributed by atoms with Crippen LogP contribution < -0.4 is 20.7 Å². The number of hydrogen-bond acceptors (Lipinski definition) is 6. The number of rotatable bonds is 8. The van der Waals surface area contributed by atoms with Crippen LogP contribution in [0.25, 0.3) is 0 Å². The number of alkyl halides is 3. The van der Waals surface area contributed by atoms with Crippen molar-refractivity contribution in [3.05, 3.63) is 63.3 Å². The van der Waals surface area contributed by atoms with Crippen LogP contribution in [0, 0.1) is 6.92 Å². The molecule has 1 aromatic carbocycles. The monoisotopic (exact) mass is 441 g/mol. The van der Waals surface area contributed by atoms with Gasteiger partial charge in [0.05, 0.1) is 5.56 Å². The zero-order valence-electron chi connectivity index (χ0n) is 17.0. The summed E-state index contributed by atoms with van der Waals surface area (Å²) in [5.41, 5.74) is -1.00. The number of nitrogens with zero attached hydrogens (tertiary/aromatic N) is 3. The van der Waals surface area contributed by atoms with Gasteiger partial charge in [0, 0.05) is 25.8 Å². The molecule has 11 heteroatoms. The molecule has 0 saturated heterocycles. The van der Waals surface area contributed by atoms with Crippen LogP contribution in [-0.2, 0) is 13.1 Å². The van der Waals surface area contributed by atoms with E-state index in [4.69, 9.17) is 9.84 Å². The number of aliphatic hydroxyl groups is 1. The van der Waals surface area contributed by atoms with Crippen LogP contribution in [0.15, 0.2) is 51.5 Å². The van der Waals surface area contributed by atoms with E-state index in [0.717, 1.165) is 16.7 Å². The van der Waals surface area contributed by atoms with Gasteiger partial charge in [-0.05, 0) is 38.5 Å². The summed E-state index contributed by atoms with van der Waals surface area (Å²) in [5.74, 6) is -0.599. The van der Waals surface area contributed by atoms with Crippen molar-refractivity contribution in [1.82, 2.24) is 9.13 Å². The minimum atomic E-state index is -4.86. The van der Waals surface area contributed by atoms with Crippen molar-refractivity contribution >= 4 is 11.7 Å². The van der Waals surface area contributed by atoms with Crippen molar-refractivity contribution in [3.63, 3.8) is 0 Å². The van der Waals surface area contributed by atoms with Crippen LogP contribution in [0.3, 0.4) is 0 Å². The molecular formula is C20H22F3N3O5. The lowest BCUT2D eigenvalue weighted by Gasteiger charge is -2.15. The zero-order valence-corrected chi connectivity index (χ0v) is 17.0. The van der Waals surface area contributed by atoms with Crippen LogP contribution in [0.2, 0.25) is 0 Å². The fourth-order valence-corrected chi connectivity index (χ4v) is 2.75. The Balaban J connectivity index is 2.47. The Bertz CT molecular complexity index is 1090. The number of halogens is 3. The summed E-state index contributed by atoms with van der Waals surface area (Å²) in [6.45, 7) is 6.80. The average Bonchev–Trinajstić information content (AvgIpc) is 2.70. The third-order valence-electron chi connectivity index (χ3n) is 4.13. The summed E-state index contributed by atoms with van der Waals surface area (Å²) < 4.78 is 48.9. The van der Waals surface area contributed by atoms with Gasteiger partial charge in [-0.25, -0.2) is 4.79 Å². The van der Waals surface area contributed by atoms with E-state index in [9.17, 15) is 22.8 Å². The fourth-order valence-electron chi connectivity index (χ4n) is 2.75. The first-order valence-electron chi connectivity index (χ1n) is 9.31. The first-order valence-corrected chi connectivity index (χ1v) is 9.31. The van der Waals surface area contributed by atoms with E-state index in [0.29, 0.717) is 0 Å². The highest BCUT2D eigenvalue weighted by atomic mass is 19.4. The Morgan fingerprint density at radius 3 is 2.52 bits per heavy atom. The maximum Gasteiger partial charge on any atom is 0.573 e. The van der Waals surface area contributed by atoms with Crippen LogP contribution in [-0.4, -0.2) is 33.1 Å². The maximum absolute atomic E-state index is 12.7. The summed E-state index contributed by atoms with van der Waals surface area (Å²) >= 11 is 0. The summed E-state index contributed by atoms with van der Waals surface area (Å²) in [5, 5.41) is 8.99. The van der Waals surface area contributed by atoms with E-state index < -0.39 is 23.4 Å². The molecule has 0 unspecified atom stereocenters. The van der Waals surface area contributed by atoms with Gasteiger partial charge < -0.3 is 14.6 Å². The fraction of sp³-hybridized carbons (Fsp3) is 0.350. The second kappa shape index (κ2) is 10.1. The molecule has 0 aliphatic carbocycles. The summed E-state index contributed by atoms with van der Waals surface area (Å²) in [6, 6.07) is 4.80. The maximum atomic E-state index is 12.7. The summed E-state index contributed by atoms with van der Waals surface area (Å²) in [6.07, 6.45) is -3.43. The summed E-state index contributed by atoms with van der Waals surface area (Å²) in [7, 11) is 0. The van der Waals surface area contributed by atoms with Crippen LogP contribution in [0.5, 0.6) is 11.5 Å². The molecule has 2 rings (SSSR count). The Hall–Kier alpha value is -3.34. The number of benzene rings is 1. The molecular weight excluding hydrogens is 419 g/mol. The highest BCUT2D eigenvalue weighted by Gasteiger charge is 2.31. The molecule has 168 valence electrons. The summed E-state index contributed by atoms with van der Waals surface area (Å²) in [4.78, 5) is 29.5. The van der Waals surface area contributed by atoms with Gasteiger partial charge in [0.1, 0.15) is 17.3 Å². The SMILES string of the molecule is C=CC(=Nc1c(C)c(=O)n(CCCO)c(=O)n1CC)Oc1cccc(OC(F)(F)F)c1. The zero-order chi connectivity index (χ0) is 23.2. The molecule has 2 aromatic rings. The van der Waals surface area contributed by atoms with Gasteiger partial charge in [-0.15, -0.1) is 13.2 Å². The minimum Gasteiger partial charge on any atom is -0.439 e. The molecule has 1 heterocycles. The first-order chi connectivity index (χ1) is 14.6. The number of ether oxygens (including phenoxy) is 2. The highest BCUT2D eigenvalue weighted by Crippen LogP contribution is 2.26. The van der Waals surface area contributed by atoms with Crippen LogP contribution >= 0.6 is 0 Å². The Morgan fingerprint density at radius 1 is 1.26 bits per heavy atom. The lowest BCUT2D eigenvalue weighted by molar-refractivity contribution is -0.274. The third kappa shape index (κ3) is 6.07. The van der Waals surface area contributed by atoms with E-state index in [1.807, 2.05) is 0 Å². The lowest BCUT2D eigenvalue weighted by atomic mass is 10.3. The molecule has 0 bridgehead atoms. The van der Waals surface area contributed by atoms with Gasteiger partial charge in [0.15, 0.2) is 0 Å². The molecule has 0 saturated carbocycles. The largest absolute Gasteiger partial charge is 0.573 e. The molecule has 0 atom stereocenters. The highest BCUT2D eigenvalue weighted by molar-refractivity contribution is 5.91. The predicted molar refractivity (Wildman–Crippen MR) is 108 cm³/mol. The van der Waals surface area contributed by atoms with Gasteiger partial charge in [-0.1, -0.05) is 12.6 Å². The van der Waals surface area contributed by atoms with Crippen molar-refractivity contribution in [2.45, 2.75) is 39.7 Å². The Kier molecular flexibility index (Phi) is 7.81.